The minimum absolute atomic E-state index is 0. The van der Waals surface area contributed by atoms with Crippen molar-refractivity contribution >= 4 is 16.8 Å². The molecule has 1 aromatic rings. The smallest absolute Gasteiger partial charge is 0.228 e. The van der Waals surface area contributed by atoms with Gasteiger partial charge >= 0.3 is 0 Å². The van der Waals surface area contributed by atoms with Gasteiger partial charge < -0.3 is 0 Å². The maximum atomic E-state index is 10.4. The standard InChI is InChI=1S/C7H4ClO.Y/c8-7(9)6-4-2-1-3-5-6;/h2-5H;/q-1;. The summed E-state index contributed by atoms with van der Waals surface area (Å²) >= 11 is 5.15. The molecule has 0 spiro atoms. The number of carbonyl (C=O) groups excluding carboxylic acids is 1. The van der Waals surface area contributed by atoms with Gasteiger partial charge in [0, 0.05) is 32.7 Å². The topological polar surface area (TPSA) is 17.1 Å². The molecule has 0 unspecified atom stereocenters. The van der Waals surface area contributed by atoms with Crippen LogP contribution in [0.25, 0.3) is 0 Å². The number of halogens is 1. The fourth-order valence-electron chi connectivity index (χ4n) is 0.518. The van der Waals surface area contributed by atoms with E-state index in [0.29, 0.717) is 5.56 Å². The van der Waals surface area contributed by atoms with Crippen LogP contribution in [0.3, 0.4) is 0 Å². The van der Waals surface area contributed by atoms with E-state index in [9.17, 15) is 4.79 Å². The van der Waals surface area contributed by atoms with E-state index < -0.39 is 5.24 Å². The van der Waals surface area contributed by atoms with Crippen LogP contribution < -0.4 is 0 Å². The van der Waals surface area contributed by atoms with Crippen molar-refractivity contribution in [2.45, 2.75) is 0 Å². The molecule has 0 saturated carbocycles. The fraction of sp³-hybridized carbons (Fsp3) is 0. The molecule has 0 amide bonds. The summed E-state index contributed by atoms with van der Waals surface area (Å²) < 4.78 is 0. The zero-order valence-electron chi connectivity index (χ0n) is 5.17. The third-order valence-corrected chi connectivity index (χ3v) is 1.16. The molecule has 1 aromatic carbocycles. The van der Waals surface area contributed by atoms with Gasteiger partial charge in [-0.2, -0.15) is 30.3 Å². The summed E-state index contributed by atoms with van der Waals surface area (Å²) in [5, 5.41) is -0.427. The maximum Gasteiger partial charge on any atom is 0.228 e. The molecule has 49 valence electrons. The summed E-state index contributed by atoms with van der Waals surface area (Å²) in [6, 6.07) is 9.31. The van der Waals surface area contributed by atoms with Gasteiger partial charge in [0.1, 0.15) is 0 Å². The van der Waals surface area contributed by atoms with Crippen molar-refractivity contribution in [3.63, 3.8) is 0 Å². The molecule has 0 saturated heterocycles. The third kappa shape index (κ3) is 2.91. The Labute approximate surface area is 89.6 Å². The second-order valence-electron chi connectivity index (χ2n) is 1.56. The summed E-state index contributed by atoms with van der Waals surface area (Å²) in [5.41, 5.74) is 0.510. The van der Waals surface area contributed by atoms with Gasteiger partial charge in [-0.25, -0.2) is 0 Å². The Morgan fingerprint density at radius 1 is 1.40 bits per heavy atom. The summed E-state index contributed by atoms with van der Waals surface area (Å²) in [7, 11) is 0. The van der Waals surface area contributed by atoms with Gasteiger partial charge in [-0.3, -0.25) is 4.79 Å². The van der Waals surface area contributed by atoms with Gasteiger partial charge in [-0.15, -0.1) is 0 Å². The van der Waals surface area contributed by atoms with Crippen LogP contribution in [0.1, 0.15) is 10.4 Å². The first-order valence-corrected chi connectivity index (χ1v) is 2.84. The molecular weight excluding hydrogens is 224 g/mol. The van der Waals surface area contributed by atoms with Crippen LogP contribution in [0.2, 0.25) is 0 Å². The Hall–Kier alpha value is 0.284. The van der Waals surface area contributed by atoms with E-state index in [0.717, 1.165) is 0 Å². The number of carbonyl (C=O) groups is 1. The Bertz CT molecular complexity index is 210. The van der Waals surface area contributed by atoms with E-state index >= 15 is 0 Å². The molecule has 0 heterocycles. The maximum absolute atomic E-state index is 10.4. The van der Waals surface area contributed by atoms with Gasteiger partial charge in [-0.1, -0.05) is 5.56 Å². The van der Waals surface area contributed by atoms with Crippen LogP contribution >= 0.6 is 11.6 Å². The zero-order valence-corrected chi connectivity index (χ0v) is 8.77. The van der Waals surface area contributed by atoms with Gasteiger partial charge in [0.2, 0.25) is 5.24 Å². The molecule has 1 radical (unpaired) electrons. The number of hydrogen-bond acceptors (Lipinski definition) is 1. The van der Waals surface area contributed by atoms with Gasteiger partial charge in [0.15, 0.2) is 0 Å². The average Bonchev–Trinajstić information content (AvgIpc) is 1.90. The number of rotatable bonds is 1. The molecule has 1 rings (SSSR count). The van der Waals surface area contributed by atoms with Crippen molar-refractivity contribution in [2.75, 3.05) is 0 Å². The Morgan fingerprint density at radius 3 is 2.20 bits per heavy atom. The molecule has 0 N–H and O–H groups in total. The molecule has 0 aliphatic heterocycles. The van der Waals surface area contributed by atoms with Crippen LogP contribution in [0.4, 0.5) is 0 Å². The minimum atomic E-state index is -0.427. The third-order valence-electron chi connectivity index (χ3n) is 0.945. The first kappa shape index (κ1) is 10.3. The second-order valence-corrected chi connectivity index (χ2v) is 1.91. The van der Waals surface area contributed by atoms with Crippen molar-refractivity contribution < 1.29 is 37.5 Å². The molecule has 0 fully saturated rings. The largest absolute Gasteiger partial charge is 0.278 e. The molecule has 0 atom stereocenters. The van der Waals surface area contributed by atoms with Gasteiger partial charge in [-0.05, 0) is 11.6 Å². The molecule has 0 aliphatic rings. The van der Waals surface area contributed by atoms with Gasteiger partial charge in [0.05, 0.1) is 0 Å². The molecule has 10 heavy (non-hydrogen) atoms. The van der Waals surface area contributed by atoms with Crippen molar-refractivity contribution in [3.05, 3.63) is 35.9 Å². The average molecular weight is 228 g/mol. The zero-order chi connectivity index (χ0) is 6.69. The quantitative estimate of drug-likeness (QED) is 0.530. The van der Waals surface area contributed by atoms with E-state index in [1.807, 2.05) is 0 Å². The van der Waals surface area contributed by atoms with Crippen molar-refractivity contribution in [3.8, 4) is 0 Å². The van der Waals surface area contributed by atoms with Crippen LogP contribution in [0.5, 0.6) is 0 Å². The predicted molar refractivity (Wildman–Crippen MR) is 35.5 cm³/mol. The summed E-state index contributed by atoms with van der Waals surface area (Å²) in [5.74, 6) is 0. The summed E-state index contributed by atoms with van der Waals surface area (Å²) in [6.07, 6.45) is 0. The van der Waals surface area contributed by atoms with Crippen LogP contribution in [0.15, 0.2) is 24.3 Å². The normalized spacial score (nSPS) is 8.10. The van der Waals surface area contributed by atoms with Crippen molar-refractivity contribution in [2.24, 2.45) is 0 Å². The molecule has 0 aliphatic carbocycles. The second kappa shape index (κ2) is 5.00. The monoisotopic (exact) mass is 228 g/mol. The summed E-state index contributed by atoms with van der Waals surface area (Å²) in [6.45, 7) is 0. The molecule has 0 aromatic heterocycles. The van der Waals surface area contributed by atoms with E-state index in [1.165, 1.54) is 0 Å². The SMILES string of the molecule is O=C(Cl)c1cc[c-]cc1.[Y]. The van der Waals surface area contributed by atoms with Crippen molar-refractivity contribution in [1.82, 2.24) is 0 Å². The van der Waals surface area contributed by atoms with E-state index in [2.05, 4.69) is 6.07 Å². The Balaban J connectivity index is 0.000000810. The Kier molecular flexibility index (Phi) is 5.15. The van der Waals surface area contributed by atoms with Crippen LogP contribution in [-0.2, 0) is 32.7 Å². The fourth-order valence-corrected chi connectivity index (χ4v) is 0.644. The van der Waals surface area contributed by atoms with E-state index in [4.69, 9.17) is 11.6 Å². The first-order valence-electron chi connectivity index (χ1n) is 2.46. The molecular formula is C7H4ClOY-. The summed E-state index contributed by atoms with van der Waals surface area (Å²) in [4.78, 5) is 10.4. The minimum Gasteiger partial charge on any atom is -0.278 e. The van der Waals surface area contributed by atoms with Crippen LogP contribution in [-0.4, -0.2) is 5.24 Å². The van der Waals surface area contributed by atoms with E-state index in [-0.39, 0.29) is 32.7 Å². The van der Waals surface area contributed by atoms with Crippen molar-refractivity contribution in [1.29, 1.82) is 0 Å². The number of benzene rings is 1. The first-order chi connectivity index (χ1) is 4.30. The van der Waals surface area contributed by atoms with Crippen LogP contribution in [0, 0.1) is 6.07 Å². The number of hydrogen-bond donors (Lipinski definition) is 0. The molecule has 1 nitrogen and oxygen atoms in total. The predicted octanol–water partition coefficient (Wildman–Crippen LogP) is 1.86. The molecule has 0 bridgehead atoms. The van der Waals surface area contributed by atoms with Gasteiger partial charge in [0.25, 0.3) is 0 Å². The Morgan fingerprint density at radius 2 is 1.90 bits per heavy atom. The molecule has 3 heteroatoms. The van der Waals surface area contributed by atoms with E-state index in [1.54, 1.807) is 24.3 Å².